The second-order valence-electron chi connectivity index (χ2n) is 7.15. The van der Waals surface area contributed by atoms with E-state index in [1.807, 2.05) is 42.5 Å². The molecule has 0 aliphatic carbocycles. The Hall–Kier alpha value is -2.73. The van der Waals surface area contributed by atoms with E-state index in [-0.39, 0.29) is 5.82 Å². The van der Waals surface area contributed by atoms with E-state index >= 15 is 0 Å². The molecule has 31 heavy (non-hydrogen) atoms. The Morgan fingerprint density at radius 3 is 2.42 bits per heavy atom. The van der Waals surface area contributed by atoms with Gasteiger partial charge in [0.2, 0.25) is 0 Å². The summed E-state index contributed by atoms with van der Waals surface area (Å²) in [4.78, 5) is 1.64. The Morgan fingerprint density at radius 1 is 0.871 bits per heavy atom. The third-order valence-corrected chi connectivity index (χ3v) is 5.51. The molecule has 3 aromatic carbocycles. The summed E-state index contributed by atoms with van der Waals surface area (Å²) >= 11 is 12.3. The van der Waals surface area contributed by atoms with Crippen molar-refractivity contribution in [3.8, 4) is 11.3 Å². The average Bonchev–Trinajstić information content (AvgIpc) is 3.18. The van der Waals surface area contributed by atoms with Gasteiger partial charge in [0.1, 0.15) is 17.2 Å². The summed E-state index contributed by atoms with van der Waals surface area (Å²) < 4.78 is 13.8. The van der Waals surface area contributed by atoms with Crippen LogP contribution in [-0.4, -0.2) is 21.5 Å². The maximum absolute atomic E-state index is 13.8. The molecule has 0 atom stereocenters. The minimum atomic E-state index is -0.180. The molecular formula is C24H21Cl2FN4. The molecule has 4 rings (SSSR count). The number of nitrogens with zero attached hydrogens (tertiary/aromatic N) is 3. The summed E-state index contributed by atoms with van der Waals surface area (Å²) in [6.45, 7) is 1.59. The normalized spacial score (nSPS) is 11.1. The molecule has 0 aliphatic rings. The zero-order valence-corrected chi connectivity index (χ0v) is 18.2. The van der Waals surface area contributed by atoms with Crippen molar-refractivity contribution in [2.24, 2.45) is 0 Å². The molecule has 7 heteroatoms. The predicted octanol–water partition coefficient (Wildman–Crippen LogP) is 5.77. The molecule has 0 radical (unpaired) electrons. The molecular weight excluding hydrogens is 434 g/mol. The summed E-state index contributed by atoms with van der Waals surface area (Å²) in [7, 11) is 0. The van der Waals surface area contributed by atoms with E-state index in [0.717, 1.165) is 22.5 Å². The molecule has 1 heterocycles. The van der Waals surface area contributed by atoms with Crippen LogP contribution >= 0.6 is 23.2 Å². The summed E-state index contributed by atoms with van der Waals surface area (Å²) in [6.07, 6.45) is 0.599. The fraction of sp³-hybridized carbons (Fsp3) is 0.167. The number of hydrogen-bond donors (Lipinski definition) is 1. The lowest BCUT2D eigenvalue weighted by Crippen LogP contribution is -2.18. The van der Waals surface area contributed by atoms with E-state index in [2.05, 4.69) is 10.4 Å². The number of aromatic nitrogens is 3. The van der Waals surface area contributed by atoms with Crippen LogP contribution in [0.1, 0.15) is 16.8 Å². The predicted molar refractivity (Wildman–Crippen MR) is 123 cm³/mol. The summed E-state index contributed by atoms with van der Waals surface area (Å²) in [5.74, 6) is -0.180. The smallest absolute Gasteiger partial charge is 0.126 e. The van der Waals surface area contributed by atoms with Crippen molar-refractivity contribution in [2.45, 2.75) is 19.5 Å². The molecule has 4 aromatic rings. The molecule has 0 spiro atoms. The zero-order chi connectivity index (χ0) is 21.6. The lowest BCUT2D eigenvalue weighted by atomic mass is 10.1. The molecule has 0 aliphatic heterocycles. The van der Waals surface area contributed by atoms with Crippen molar-refractivity contribution in [3.63, 3.8) is 0 Å². The Kier molecular flexibility index (Phi) is 6.97. The molecule has 0 fully saturated rings. The van der Waals surface area contributed by atoms with Crippen molar-refractivity contribution in [3.05, 3.63) is 105 Å². The third kappa shape index (κ3) is 5.50. The van der Waals surface area contributed by atoms with Gasteiger partial charge in [0.15, 0.2) is 0 Å². The maximum atomic E-state index is 13.8. The average molecular weight is 455 g/mol. The minimum Gasteiger partial charge on any atom is -0.311 e. The lowest BCUT2D eigenvalue weighted by molar-refractivity contribution is 0.573. The number of rotatable bonds is 8. The van der Waals surface area contributed by atoms with Crippen LogP contribution in [0.3, 0.4) is 0 Å². The molecule has 0 saturated heterocycles. The highest BCUT2D eigenvalue weighted by Gasteiger charge is 2.14. The van der Waals surface area contributed by atoms with E-state index in [0.29, 0.717) is 41.7 Å². The van der Waals surface area contributed by atoms with Crippen molar-refractivity contribution in [2.75, 3.05) is 6.54 Å². The van der Waals surface area contributed by atoms with Crippen LogP contribution in [0.4, 0.5) is 4.39 Å². The Bertz CT molecular complexity index is 1160. The molecule has 0 saturated carbocycles. The lowest BCUT2D eigenvalue weighted by Gasteiger charge is -2.05. The topological polar surface area (TPSA) is 42.7 Å². The highest BCUT2D eigenvalue weighted by atomic mass is 35.5. The van der Waals surface area contributed by atoms with Gasteiger partial charge in [-0.2, -0.15) is 15.0 Å². The molecule has 0 bridgehead atoms. The third-order valence-electron chi connectivity index (χ3n) is 4.92. The van der Waals surface area contributed by atoms with Gasteiger partial charge in [-0.1, -0.05) is 77.8 Å². The highest BCUT2D eigenvalue weighted by molar-refractivity contribution is 6.35. The maximum Gasteiger partial charge on any atom is 0.126 e. The largest absolute Gasteiger partial charge is 0.311 e. The van der Waals surface area contributed by atoms with E-state index in [4.69, 9.17) is 28.3 Å². The van der Waals surface area contributed by atoms with Gasteiger partial charge >= 0.3 is 0 Å². The Balaban J connectivity index is 1.50. The second kappa shape index (κ2) is 10.1. The number of benzene rings is 3. The number of halogens is 3. The SMILES string of the molecule is Fc1ccccc1CCNCc1nn(Cc2ccc(Cl)cc2Cl)nc1-c1ccccc1. The number of nitrogens with one attached hydrogen (secondary N) is 1. The minimum absolute atomic E-state index is 0.180. The summed E-state index contributed by atoms with van der Waals surface area (Å²) in [6, 6.07) is 22.1. The standard InChI is InChI=1S/C24H21Cl2FN4/c25-20-11-10-19(21(26)14-20)16-31-29-23(24(30-31)18-7-2-1-3-8-18)15-28-13-12-17-6-4-5-9-22(17)27/h1-11,14,28H,12-13,15-16H2. The quantitative estimate of drug-likeness (QED) is 0.343. The van der Waals surface area contributed by atoms with Gasteiger partial charge in [-0.3, -0.25) is 0 Å². The van der Waals surface area contributed by atoms with Crippen LogP contribution < -0.4 is 5.32 Å². The van der Waals surface area contributed by atoms with Crippen LogP contribution in [0.15, 0.2) is 72.8 Å². The van der Waals surface area contributed by atoms with E-state index in [1.165, 1.54) is 6.07 Å². The van der Waals surface area contributed by atoms with Crippen LogP contribution in [0.2, 0.25) is 10.0 Å². The zero-order valence-electron chi connectivity index (χ0n) is 16.7. The summed E-state index contributed by atoms with van der Waals surface area (Å²) in [5.41, 5.74) is 4.20. The Morgan fingerprint density at radius 2 is 1.65 bits per heavy atom. The highest BCUT2D eigenvalue weighted by Crippen LogP contribution is 2.23. The first-order chi connectivity index (χ1) is 15.1. The van der Waals surface area contributed by atoms with Crippen LogP contribution in [0.5, 0.6) is 0 Å². The Labute approximate surface area is 190 Å². The van der Waals surface area contributed by atoms with Crippen molar-refractivity contribution in [1.82, 2.24) is 20.3 Å². The van der Waals surface area contributed by atoms with Crippen molar-refractivity contribution < 1.29 is 4.39 Å². The molecule has 4 nitrogen and oxygen atoms in total. The number of hydrogen-bond acceptors (Lipinski definition) is 3. The molecule has 0 unspecified atom stereocenters. The van der Waals surface area contributed by atoms with Gasteiger partial charge in [0.05, 0.1) is 6.54 Å². The first kappa shape index (κ1) is 21.5. The van der Waals surface area contributed by atoms with Gasteiger partial charge < -0.3 is 5.32 Å². The molecule has 1 aromatic heterocycles. The van der Waals surface area contributed by atoms with Crippen molar-refractivity contribution >= 4 is 23.2 Å². The van der Waals surface area contributed by atoms with Crippen LogP contribution in [0.25, 0.3) is 11.3 Å². The van der Waals surface area contributed by atoms with E-state index < -0.39 is 0 Å². The van der Waals surface area contributed by atoms with Gasteiger partial charge in [-0.25, -0.2) is 4.39 Å². The second-order valence-corrected chi connectivity index (χ2v) is 7.99. The monoisotopic (exact) mass is 454 g/mol. The summed E-state index contributed by atoms with van der Waals surface area (Å²) in [5, 5.41) is 13.9. The van der Waals surface area contributed by atoms with Crippen LogP contribution in [-0.2, 0) is 19.5 Å². The van der Waals surface area contributed by atoms with Crippen LogP contribution in [0, 0.1) is 5.82 Å². The fourth-order valence-corrected chi connectivity index (χ4v) is 3.79. The molecule has 0 amide bonds. The van der Waals surface area contributed by atoms with Gasteiger partial charge in [0.25, 0.3) is 0 Å². The fourth-order valence-electron chi connectivity index (χ4n) is 3.33. The first-order valence-corrected chi connectivity index (χ1v) is 10.7. The van der Waals surface area contributed by atoms with E-state index in [9.17, 15) is 4.39 Å². The van der Waals surface area contributed by atoms with Crippen molar-refractivity contribution in [1.29, 1.82) is 0 Å². The van der Waals surface area contributed by atoms with Gasteiger partial charge in [-0.05, 0) is 42.3 Å². The molecule has 158 valence electrons. The van der Waals surface area contributed by atoms with Gasteiger partial charge in [-0.15, -0.1) is 0 Å². The van der Waals surface area contributed by atoms with E-state index in [1.54, 1.807) is 29.1 Å². The first-order valence-electron chi connectivity index (χ1n) is 9.97. The van der Waals surface area contributed by atoms with Gasteiger partial charge in [0, 0.05) is 22.2 Å². The molecule has 1 N–H and O–H groups in total.